The Balaban J connectivity index is 2.12. The van der Waals surface area contributed by atoms with Crippen LogP contribution in [0.15, 0.2) is 24.3 Å². The number of unbranched alkanes of at least 4 members (excludes halogenated alkanes) is 1. The van der Waals surface area contributed by atoms with Crippen molar-refractivity contribution in [2.75, 3.05) is 18.8 Å². The molecule has 1 aromatic carbocycles. The second-order valence-electron chi connectivity index (χ2n) is 5.13. The highest BCUT2D eigenvalue weighted by atomic mass is 32.2. The van der Waals surface area contributed by atoms with E-state index in [-0.39, 0.29) is 11.4 Å². The zero-order valence-corrected chi connectivity index (χ0v) is 13.1. The molecule has 1 N–H and O–H groups in total. The number of urea groups is 1. The maximum Gasteiger partial charge on any atom is 0.416 e. The van der Waals surface area contributed by atoms with Crippen LogP contribution in [0.4, 0.5) is 18.0 Å². The Labute approximate surface area is 132 Å². The highest BCUT2D eigenvalue weighted by Gasteiger charge is 2.34. The lowest BCUT2D eigenvalue weighted by atomic mass is 10.1. The quantitative estimate of drug-likeness (QED) is 0.836. The molecule has 2 rings (SSSR count). The number of hydrogen-bond donors (Lipinski definition) is 1. The van der Waals surface area contributed by atoms with Crippen molar-refractivity contribution < 1.29 is 18.0 Å². The standard InChI is InChI=1S/C15H19F3N2OS/c1-2-3-7-19-14(21)20-8-9-22-13(20)11-5-4-6-12(10-11)15(16,17)18/h4-6,10,13H,2-3,7-9H2,1H3,(H,19,21). The van der Waals surface area contributed by atoms with Crippen LogP contribution in [-0.2, 0) is 6.18 Å². The summed E-state index contributed by atoms with van der Waals surface area (Å²) in [5.41, 5.74) is -0.160. The summed E-state index contributed by atoms with van der Waals surface area (Å²) in [5, 5.41) is 2.46. The first-order valence-corrected chi connectivity index (χ1v) is 8.31. The average molecular weight is 332 g/mol. The van der Waals surface area contributed by atoms with Crippen LogP contribution in [0, 0.1) is 0 Å². The zero-order chi connectivity index (χ0) is 16.2. The highest BCUT2D eigenvalue weighted by molar-refractivity contribution is 7.99. The molecular formula is C15H19F3N2OS. The third-order valence-corrected chi connectivity index (χ3v) is 4.72. The van der Waals surface area contributed by atoms with E-state index in [9.17, 15) is 18.0 Å². The third kappa shape index (κ3) is 4.09. The van der Waals surface area contributed by atoms with Gasteiger partial charge in [-0.1, -0.05) is 25.5 Å². The number of alkyl halides is 3. The first-order chi connectivity index (χ1) is 10.4. The second-order valence-corrected chi connectivity index (χ2v) is 6.31. The van der Waals surface area contributed by atoms with Gasteiger partial charge in [-0.2, -0.15) is 13.2 Å². The number of thioether (sulfide) groups is 1. The van der Waals surface area contributed by atoms with E-state index in [4.69, 9.17) is 0 Å². The summed E-state index contributed by atoms with van der Waals surface area (Å²) in [6, 6.07) is 5.01. The number of amides is 2. The fourth-order valence-corrected chi connectivity index (χ4v) is 3.54. The number of carbonyl (C=O) groups excluding carboxylic acids is 1. The normalized spacial score (nSPS) is 18.5. The van der Waals surface area contributed by atoms with E-state index in [2.05, 4.69) is 5.32 Å². The minimum Gasteiger partial charge on any atom is -0.338 e. The number of nitrogens with one attached hydrogen (secondary N) is 1. The molecule has 1 atom stereocenters. The van der Waals surface area contributed by atoms with Crippen LogP contribution in [-0.4, -0.2) is 29.8 Å². The summed E-state index contributed by atoms with van der Waals surface area (Å²) in [5.74, 6) is 0.724. The smallest absolute Gasteiger partial charge is 0.338 e. The first kappa shape index (κ1) is 17.0. The molecule has 3 nitrogen and oxygen atoms in total. The largest absolute Gasteiger partial charge is 0.416 e. The Morgan fingerprint density at radius 3 is 2.91 bits per heavy atom. The first-order valence-electron chi connectivity index (χ1n) is 7.26. The molecule has 0 aromatic heterocycles. The maximum absolute atomic E-state index is 12.8. The Morgan fingerprint density at radius 2 is 2.23 bits per heavy atom. The predicted molar refractivity (Wildman–Crippen MR) is 81.7 cm³/mol. The van der Waals surface area contributed by atoms with Crippen molar-refractivity contribution in [1.82, 2.24) is 10.2 Å². The summed E-state index contributed by atoms with van der Waals surface area (Å²) in [6.45, 7) is 3.17. The highest BCUT2D eigenvalue weighted by Crippen LogP contribution is 2.39. The van der Waals surface area contributed by atoms with Gasteiger partial charge in [0.15, 0.2) is 0 Å². The molecule has 1 unspecified atom stereocenters. The Bertz CT molecular complexity index is 522. The van der Waals surface area contributed by atoms with Gasteiger partial charge >= 0.3 is 12.2 Å². The van der Waals surface area contributed by atoms with Crippen molar-refractivity contribution in [3.8, 4) is 0 Å². The maximum atomic E-state index is 12.8. The zero-order valence-electron chi connectivity index (χ0n) is 12.3. The molecule has 1 aliphatic heterocycles. The molecule has 1 aromatic rings. The molecule has 7 heteroatoms. The monoisotopic (exact) mass is 332 g/mol. The Morgan fingerprint density at radius 1 is 1.45 bits per heavy atom. The molecule has 1 aliphatic rings. The number of benzene rings is 1. The SMILES string of the molecule is CCCCNC(=O)N1CCSC1c1cccc(C(F)(F)F)c1. The fraction of sp³-hybridized carbons (Fsp3) is 0.533. The van der Waals surface area contributed by atoms with Gasteiger partial charge in [0.2, 0.25) is 0 Å². The van der Waals surface area contributed by atoms with Gasteiger partial charge in [-0.15, -0.1) is 11.8 Å². The lowest BCUT2D eigenvalue weighted by molar-refractivity contribution is -0.137. The summed E-state index contributed by atoms with van der Waals surface area (Å²) in [7, 11) is 0. The van der Waals surface area contributed by atoms with E-state index in [1.165, 1.54) is 17.8 Å². The lowest BCUT2D eigenvalue weighted by Gasteiger charge is -2.25. The fourth-order valence-electron chi connectivity index (χ4n) is 2.30. The van der Waals surface area contributed by atoms with Crippen molar-refractivity contribution in [1.29, 1.82) is 0 Å². The van der Waals surface area contributed by atoms with E-state index in [1.54, 1.807) is 11.0 Å². The molecule has 0 saturated carbocycles. The van der Waals surface area contributed by atoms with Crippen molar-refractivity contribution >= 4 is 17.8 Å². The summed E-state index contributed by atoms with van der Waals surface area (Å²) < 4.78 is 38.4. The number of nitrogens with zero attached hydrogens (tertiary/aromatic N) is 1. The number of halogens is 3. The summed E-state index contributed by atoms with van der Waals surface area (Å²) in [4.78, 5) is 13.8. The minimum absolute atomic E-state index is 0.208. The van der Waals surface area contributed by atoms with Gasteiger partial charge in [-0.3, -0.25) is 0 Å². The molecule has 2 amide bonds. The van der Waals surface area contributed by atoms with E-state index < -0.39 is 11.7 Å². The van der Waals surface area contributed by atoms with Gasteiger partial charge in [0.25, 0.3) is 0 Å². The predicted octanol–water partition coefficient (Wildman–Crippen LogP) is 4.26. The topological polar surface area (TPSA) is 32.3 Å². The minimum atomic E-state index is -4.37. The van der Waals surface area contributed by atoms with Crippen molar-refractivity contribution in [2.45, 2.75) is 31.3 Å². The third-order valence-electron chi connectivity index (χ3n) is 3.46. The van der Waals surface area contributed by atoms with Crippen molar-refractivity contribution in [3.63, 3.8) is 0 Å². The summed E-state index contributed by atoms with van der Waals surface area (Å²) in [6.07, 6.45) is -2.50. The van der Waals surface area contributed by atoms with Gasteiger partial charge in [0, 0.05) is 18.8 Å². The van der Waals surface area contributed by atoms with Crippen LogP contribution >= 0.6 is 11.8 Å². The lowest BCUT2D eigenvalue weighted by Crippen LogP contribution is -2.39. The molecule has 0 radical (unpaired) electrons. The van der Waals surface area contributed by atoms with Gasteiger partial charge in [0.1, 0.15) is 5.37 Å². The number of hydrogen-bond acceptors (Lipinski definition) is 2. The number of carbonyl (C=O) groups is 1. The average Bonchev–Trinajstić information content (AvgIpc) is 2.96. The molecule has 1 heterocycles. The molecule has 1 saturated heterocycles. The molecule has 0 bridgehead atoms. The van der Waals surface area contributed by atoms with Gasteiger partial charge in [-0.25, -0.2) is 4.79 Å². The van der Waals surface area contributed by atoms with E-state index in [1.807, 2.05) is 6.92 Å². The molecular weight excluding hydrogens is 313 g/mol. The molecule has 1 fully saturated rings. The molecule has 22 heavy (non-hydrogen) atoms. The van der Waals surface area contributed by atoms with Crippen LogP contribution in [0.1, 0.15) is 36.3 Å². The van der Waals surface area contributed by atoms with Crippen LogP contribution in [0.3, 0.4) is 0 Å². The van der Waals surface area contributed by atoms with E-state index >= 15 is 0 Å². The van der Waals surface area contributed by atoms with Crippen LogP contribution < -0.4 is 5.32 Å². The van der Waals surface area contributed by atoms with Crippen molar-refractivity contribution in [2.24, 2.45) is 0 Å². The molecule has 0 aliphatic carbocycles. The van der Waals surface area contributed by atoms with Crippen molar-refractivity contribution in [3.05, 3.63) is 35.4 Å². The second kappa shape index (κ2) is 7.26. The van der Waals surface area contributed by atoms with Crippen LogP contribution in [0.25, 0.3) is 0 Å². The van der Waals surface area contributed by atoms with Gasteiger partial charge < -0.3 is 10.2 Å². The summed E-state index contributed by atoms with van der Waals surface area (Å²) >= 11 is 1.49. The van der Waals surface area contributed by atoms with Crippen LogP contribution in [0.5, 0.6) is 0 Å². The van der Waals surface area contributed by atoms with E-state index in [0.717, 1.165) is 30.7 Å². The molecule has 0 spiro atoms. The Kier molecular flexibility index (Phi) is 5.61. The van der Waals surface area contributed by atoms with Gasteiger partial charge in [0.05, 0.1) is 5.56 Å². The van der Waals surface area contributed by atoms with Crippen LogP contribution in [0.2, 0.25) is 0 Å². The van der Waals surface area contributed by atoms with Gasteiger partial charge in [-0.05, 0) is 24.1 Å². The van der Waals surface area contributed by atoms with E-state index in [0.29, 0.717) is 18.7 Å². The molecule has 122 valence electrons. The number of rotatable bonds is 4. The Hall–Kier alpha value is -1.37.